The van der Waals surface area contributed by atoms with E-state index in [1.54, 1.807) is 6.07 Å². The lowest BCUT2D eigenvalue weighted by atomic mass is 9.94. The van der Waals surface area contributed by atoms with Crippen molar-refractivity contribution in [1.29, 1.82) is 0 Å². The van der Waals surface area contributed by atoms with E-state index in [0.29, 0.717) is 29.3 Å². The summed E-state index contributed by atoms with van der Waals surface area (Å²) in [4.78, 5) is 27.1. The number of nitrogens with zero attached hydrogens (tertiary/aromatic N) is 3. The number of hydrogen-bond donors (Lipinski definition) is 3. The SMILES string of the molecule is C[C@H]1CN(Cc2cccc(-c3cc(CNC(=O)c4cccc(CN5CCC6(CCC[N+]6(C)C)C5)c4)ccc3F)c2)CCN1.O=C(O)C(F)(F)F.[I-]. The molecule has 13 heteroatoms. The van der Waals surface area contributed by atoms with Crippen molar-refractivity contribution >= 4 is 11.9 Å². The number of amides is 1. The second-order valence-electron chi connectivity index (χ2n) is 14.5. The number of piperazine rings is 1. The number of hydrogen-bond acceptors (Lipinski definition) is 5. The van der Waals surface area contributed by atoms with Gasteiger partial charge in [-0.1, -0.05) is 36.4 Å². The van der Waals surface area contributed by atoms with Crippen molar-refractivity contribution in [2.24, 2.45) is 0 Å². The minimum Gasteiger partial charge on any atom is -1.00 e. The van der Waals surface area contributed by atoms with Crippen molar-refractivity contribution in [3.8, 4) is 11.1 Å². The van der Waals surface area contributed by atoms with Crippen molar-refractivity contribution < 1.29 is 60.7 Å². The number of alkyl halides is 3. The molecule has 0 bridgehead atoms. The first-order valence-electron chi connectivity index (χ1n) is 17.2. The Hall–Kier alpha value is -3.11. The van der Waals surface area contributed by atoms with Gasteiger partial charge in [-0.15, -0.1) is 0 Å². The maximum absolute atomic E-state index is 15.0. The molecule has 3 N–H and O–H groups in total. The number of likely N-dealkylation sites (tertiary alicyclic amines) is 2. The van der Waals surface area contributed by atoms with E-state index in [1.165, 1.54) is 43.0 Å². The summed E-state index contributed by atoms with van der Waals surface area (Å²) >= 11 is 0. The molecule has 2 atom stereocenters. The fourth-order valence-corrected chi connectivity index (χ4v) is 7.63. The Morgan fingerprint density at radius 2 is 1.65 bits per heavy atom. The fraction of sp³-hybridized carbons (Fsp3) is 0.474. The van der Waals surface area contributed by atoms with E-state index in [0.717, 1.165) is 61.4 Å². The van der Waals surface area contributed by atoms with Gasteiger partial charge in [0.05, 0.1) is 27.2 Å². The minimum atomic E-state index is -5.08. The summed E-state index contributed by atoms with van der Waals surface area (Å²) in [5.74, 6) is -3.11. The summed E-state index contributed by atoms with van der Waals surface area (Å²) in [7, 11) is 4.77. The van der Waals surface area contributed by atoms with Gasteiger partial charge in [0.15, 0.2) is 0 Å². The van der Waals surface area contributed by atoms with Crippen LogP contribution in [-0.4, -0.2) is 102 Å². The van der Waals surface area contributed by atoms with Crippen LogP contribution in [0, 0.1) is 5.82 Å². The van der Waals surface area contributed by atoms with Crippen molar-refractivity contribution in [1.82, 2.24) is 20.4 Å². The van der Waals surface area contributed by atoms with E-state index in [2.05, 4.69) is 59.7 Å². The molecule has 0 saturated carbocycles. The van der Waals surface area contributed by atoms with Gasteiger partial charge in [0.2, 0.25) is 0 Å². The molecular formula is C38H48F4IN5O3. The highest BCUT2D eigenvalue weighted by molar-refractivity contribution is 5.94. The van der Waals surface area contributed by atoms with Crippen LogP contribution >= 0.6 is 0 Å². The zero-order valence-electron chi connectivity index (χ0n) is 29.4. The number of aliphatic carboxylic acids is 1. The number of rotatable bonds is 8. The topological polar surface area (TPSA) is 84.9 Å². The number of quaternary nitrogens is 1. The second kappa shape index (κ2) is 17.1. The average molecular weight is 826 g/mol. The molecular weight excluding hydrogens is 777 g/mol. The molecule has 3 saturated heterocycles. The van der Waals surface area contributed by atoms with Gasteiger partial charge < -0.3 is 44.2 Å². The number of nitrogens with one attached hydrogen (secondary N) is 2. The molecule has 51 heavy (non-hydrogen) atoms. The van der Waals surface area contributed by atoms with Crippen LogP contribution in [0.4, 0.5) is 17.6 Å². The average Bonchev–Trinajstić information content (AvgIpc) is 3.61. The summed E-state index contributed by atoms with van der Waals surface area (Å²) in [6, 6.07) is 21.8. The zero-order chi connectivity index (χ0) is 36.1. The van der Waals surface area contributed by atoms with E-state index in [-0.39, 0.29) is 35.7 Å². The van der Waals surface area contributed by atoms with Crippen LogP contribution in [0.5, 0.6) is 0 Å². The van der Waals surface area contributed by atoms with Gasteiger partial charge in [-0.05, 0) is 59.5 Å². The van der Waals surface area contributed by atoms with Gasteiger partial charge in [-0.3, -0.25) is 14.6 Å². The fourth-order valence-electron chi connectivity index (χ4n) is 7.63. The minimum absolute atomic E-state index is 0. The van der Waals surface area contributed by atoms with Crippen LogP contribution in [0.3, 0.4) is 0 Å². The molecule has 6 rings (SSSR count). The van der Waals surface area contributed by atoms with Gasteiger partial charge >= 0.3 is 12.1 Å². The summed E-state index contributed by atoms with van der Waals surface area (Å²) in [6.45, 7) is 10.8. The van der Waals surface area contributed by atoms with Gasteiger partial charge in [-0.25, -0.2) is 9.18 Å². The summed E-state index contributed by atoms with van der Waals surface area (Å²) < 4.78 is 47.9. The van der Waals surface area contributed by atoms with Gasteiger partial charge in [-0.2, -0.15) is 13.2 Å². The predicted molar refractivity (Wildman–Crippen MR) is 185 cm³/mol. The molecule has 1 unspecified atom stereocenters. The molecule has 3 aromatic rings. The Morgan fingerprint density at radius 3 is 2.31 bits per heavy atom. The highest BCUT2D eigenvalue weighted by atomic mass is 127. The van der Waals surface area contributed by atoms with Crippen LogP contribution in [0.15, 0.2) is 66.7 Å². The lowest BCUT2D eigenvalue weighted by Gasteiger charge is -2.41. The standard InChI is InChI=1S/C36H46FN5O.C2HF3O2.HI/c1-27-23-40(17-15-38-27)24-29-7-4-9-31(19-29)33-21-28(11-12-34(33)37)22-39-35(43)32-10-5-8-30(20-32)25-41-16-14-36(26-41)13-6-18-42(36,2)3;3-2(4,5)1(6)7;/h4-5,7-12,19-21,27,38H,6,13-18,22-26H2,1-3H3;(H,6,7);1H/t27-,36?;;/m0../s1. The first kappa shape index (κ1) is 40.7. The normalized spacial score (nSPS) is 21.8. The van der Waals surface area contributed by atoms with Crippen LogP contribution < -0.4 is 34.6 Å². The van der Waals surface area contributed by atoms with E-state index in [4.69, 9.17) is 9.90 Å². The lowest BCUT2D eigenvalue weighted by Crippen LogP contribution is -3.00. The van der Waals surface area contributed by atoms with E-state index < -0.39 is 12.1 Å². The molecule has 0 aromatic heterocycles. The van der Waals surface area contributed by atoms with Crippen molar-refractivity contribution in [2.45, 2.75) is 63.6 Å². The van der Waals surface area contributed by atoms with E-state index in [1.807, 2.05) is 36.4 Å². The lowest BCUT2D eigenvalue weighted by molar-refractivity contribution is -0.926. The molecule has 3 aliphatic rings. The first-order chi connectivity index (χ1) is 23.6. The third kappa shape index (κ3) is 10.5. The number of carboxylic acids is 1. The molecule has 3 fully saturated rings. The Labute approximate surface area is 314 Å². The quantitative estimate of drug-likeness (QED) is 0.184. The van der Waals surface area contributed by atoms with Crippen LogP contribution in [0.2, 0.25) is 0 Å². The van der Waals surface area contributed by atoms with E-state index in [9.17, 15) is 18.0 Å². The monoisotopic (exact) mass is 825 g/mol. The molecule has 0 aliphatic carbocycles. The molecule has 3 aromatic carbocycles. The van der Waals surface area contributed by atoms with Crippen LogP contribution in [0.1, 0.15) is 53.2 Å². The third-order valence-corrected chi connectivity index (χ3v) is 10.5. The Balaban J connectivity index is 0.000000663. The number of carbonyl (C=O) groups is 2. The number of likely N-dealkylation sites (N-methyl/N-ethyl adjacent to an activating group) is 1. The Kier molecular flexibility index (Phi) is 13.7. The molecule has 8 nitrogen and oxygen atoms in total. The molecule has 1 spiro atoms. The predicted octanol–water partition coefficient (Wildman–Crippen LogP) is 2.67. The van der Waals surface area contributed by atoms with Crippen molar-refractivity contribution in [3.05, 3.63) is 94.8 Å². The Morgan fingerprint density at radius 1 is 0.961 bits per heavy atom. The van der Waals surface area contributed by atoms with Crippen molar-refractivity contribution in [2.75, 3.05) is 53.4 Å². The number of carboxylic acid groups (broad SMARTS) is 1. The maximum atomic E-state index is 15.0. The van der Waals surface area contributed by atoms with Gasteiger partial charge in [0.1, 0.15) is 11.4 Å². The molecule has 3 aliphatic heterocycles. The van der Waals surface area contributed by atoms with E-state index >= 15 is 4.39 Å². The van der Waals surface area contributed by atoms with Crippen molar-refractivity contribution in [3.63, 3.8) is 0 Å². The summed E-state index contributed by atoms with van der Waals surface area (Å²) in [5.41, 5.74) is 5.71. The molecule has 3 heterocycles. The smallest absolute Gasteiger partial charge is 0.490 e. The van der Waals surface area contributed by atoms with Crippen LogP contribution in [-0.2, 0) is 24.4 Å². The van der Waals surface area contributed by atoms with Crippen LogP contribution in [0.25, 0.3) is 11.1 Å². The first-order valence-corrected chi connectivity index (χ1v) is 17.2. The number of halogens is 5. The molecule has 1 amide bonds. The zero-order valence-corrected chi connectivity index (χ0v) is 31.6. The highest BCUT2D eigenvalue weighted by Crippen LogP contribution is 2.41. The number of benzene rings is 3. The maximum Gasteiger partial charge on any atom is 0.490 e. The Bertz CT molecular complexity index is 1670. The third-order valence-electron chi connectivity index (χ3n) is 10.5. The second-order valence-corrected chi connectivity index (χ2v) is 14.5. The summed E-state index contributed by atoms with van der Waals surface area (Å²) in [6.07, 6.45) is -1.21. The molecule has 0 radical (unpaired) electrons. The molecule has 278 valence electrons. The number of carbonyl (C=O) groups excluding carboxylic acids is 1. The summed E-state index contributed by atoms with van der Waals surface area (Å²) in [5, 5.41) is 13.7. The van der Waals surface area contributed by atoms with Gasteiger partial charge in [0.25, 0.3) is 5.91 Å². The highest BCUT2D eigenvalue weighted by Gasteiger charge is 2.53. The van der Waals surface area contributed by atoms with Gasteiger partial charge in [0, 0.05) is 82.2 Å². The largest absolute Gasteiger partial charge is 1.00 e.